The zero-order valence-electron chi connectivity index (χ0n) is 15.5. The van der Waals surface area contributed by atoms with Gasteiger partial charge >= 0.3 is 0 Å². The monoisotopic (exact) mass is 391 g/mol. The van der Waals surface area contributed by atoms with Gasteiger partial charge < -0.3 is 4.90 Å². The van der Waals surface area contributed by atoms with Crippen LogP contribution >= 0.6 is 11.3 Å². The largest absolute Gasteiger partial charge is 0.342 e. The quantitative estimate of drug-likeness (QED) is 0.532. The lowest BCUT2D eigenvalue weighted by atomic mass is 9.97. The summed E-state index contributed by atoms with van der Waals surface area (Å²) in [4.78, 5) is 19.5. The van der Waals surface area contributed by atoms with Gasteiger partial charge in [0.25, 0.3) is 0 Å². The number of piperidine rings is 1. The minimum Gasteiger partial charge on any atom is -0.342 e. The van der Waals surface area contributed by atoms with Crippen molar-refractivity contribution in [1.29, 1.82) is 0 Å². The number of pyridine rings is 1. The molecule has 1 aliphatic rings. The van der Waals surface area contributed by atoms with E-state index in [1.54, 1.807) is 11.3 Å². The standard InChI is InChI=1S/C21H21N5OS/c27-20(11-10-19-22-16-7-1-2-8-17(16)28-19)25-12-5-6-15(14-25)21-24-23-18-9-3-4-13-26(18)21/h1-4,7-9,13,15H,5-6,10-12,14H2. The van der Waals surface area contributed by atoms with Crippen LogP contribution in [-0.4, -0.2) is 43.5 Å². The number of hydrogen-bond donors (Lipinski definition) is 0. The normalized spacial score (nSPS) is 17.4. The Balaban J connectivity index is 1.26. The Hall–Kier alpha value is -2.80. The minimum atomic E-state index is 0.206. The molecule has 3 aromatic heterocycles. The number of fused-ring (bicyclic) bond motifs is 2. The number of carbonyl (C=O) groups is 1. The molecule has 7 heteroatoms. The van der Waals surface area contributed by atoms with Crippen molar-refractivity contribution in [3.8, 4) is 0 Å². The van der Waals surface area contributed by atoms with Crippen molar-refractivity contribution in [2.45, 2.75) is 31.6 Å². The average Bonchev–Trinajstić information content (AvgIpc) is 3.36. The zero-order chi connectivity index (χ0) is 18.9. The van der Waals surface area contributed by atoms with Crippen LogP contribution in [0.25, 0.3) is 15.9 Å². The second kappa shape index (κ2) is 7.31. The average molecular weight is 392 g/mol. The van der Waals surface area contributed by atoms with Crippen LogP contribution in [0.5, 0.6) is 0 Å². The molecule has 0 saturated carbocycles. The molecule has 4 aromatic rings. The first-order valence-electron chi connectivity index (χ1n) is 9.70. The van der Waals surface area contributed by atoms with E-state index < -0.39 is 0 Å². The predicted octanol–water partition coefficient (Wildman–Crippen LogP) is 3.68. The smallest absolute Gasteiger partial charge is 0.223 e. The molecule has 142 valence electrons. The summed E-state index contributed by atoms with van der Waals surface area (Å²) in [6.07, 6.45) is 5.25. The number of hydrogen-bond acceptors (Lipinski definition) is 5. The lowest BCUT2D eigenvalue weighted by molar-refractivity contribution is -0.132. The molecule has 1 fully saturated rings. The Morgan fingerprint density at radius 1 is 1.14 bits per heavy atom. The number of rotatable bonds is 4. The molecule has 0 spiro atoms. The number of benzene rings is 1. The van der Waals surface area contributed by atoms with Gasteiger partial charge in [-0.05, 0) is 37.1 Å². The first-order chi connectivity index (χ1) is 13.8. The fraction of sp³-hybridized carbons (Fsp3) is 0.333. The Morgan fingerprint density at radius 2 is 2.04 bits per heavy atom. The van der Waals surface area contributed by atoms with Crippen LogP contribution in [-0.2, 0) is 11.2 Å². The van der Waals surface area contributed by atoms with Crippen molar-refractivity contribution >= 4 is 33.1 Å². The third-order valence-electron chi connectivity index (χ3n) is 5.37. The van der Waals surface area contributed by atoms with Crippen LogP contribution < -0.4 is 0 Å². The third kappa shape index (κ3) is 3.26. The summed E-state index contributed by atoms with van der Waals surface area (Å²) in [6.45, 7) is 1.54. The van der Waals surface area contributed by atoms with Gasteiger partial charge in [0, 0.05) is 38.0 Å². The maximum absolute atomic E-state index is 12.8. The number of aryl methyl sites for hydroxylation is 1. The van der Waals surface area contributed by atoms with Crippen LogP contribution in [0, 0.1) is 0 Å². The van der Waals surface area contributed by atoms with Gasteiger partial charge in [0.05, 0.1) is 15.2 Å². The van der Waals surface area contributed by atoms with E-state index in [1.165, 1.54) is 4.70 Å². The molecule has 5 rings (SSSR count). The Kier molecular flexibility index (Phi) is 4.52. The van der Waals surface area contributed by atoms with E-state index in [4.69, 9.17) is 0 Å². The van der Waals surface area contributed by atoms with Crippen molar-refractivity contribution < 1.29 is 4.79 Å². The number of amides is 1. The van der Waals surface area contributed by atoms with Crippen LogP contribution in [0.1, 0.15) is 36.0 Å². The molecular weight excluding hydrogens is 370 g/mol. The molecule has 1 atom stereocenters. The molecule has 0 radical (unpaired) electrons. The van der Waals surface area contributed by atoms with Gasteiger partial charge in [-0.3, -0.25) is 9.20 Å². The number of carbonyl (C=O) groups excluding carboxylic acids is 1. The maximum atomic E-state index is 12.8. The highest BCUT2D eigenvalue weighted by atomic mass is 32.1. The van der Waals surface area contributed by atoms with Crippen LogP contribution in [0.4, 0.5) is 0 Å². The van der Waals surface area contributed by atoms with Crippen LogP contribution in [0.2, 0.25) is 0 Å². The van der Waals surface area contributed by atoms with Gasteiger partial charge in [-0.15, -0.1) is 21.5 Å². The summed E-state index contributed by atoms with van der Waals surface area (Å²) in [6, 6.07) is 14.0. The summed E-state index contributed by atoms with van der Waals surface area (Å²) in [5.41, 5.74) is 1.88. The fourth-order valence-corrected chi connectivity index (χ4v) is 4.92. The Labute approximate surface area is 166 Å². The van der Waals surface area contributed by atoms with Gasteiger partial charge in [0.2, 0.25) is 5.91 Å². The topological polar surface area (TPSA) is 63.4 Å². The summed E-state index contributed by atoms with van der Waals surface area (Å²) in [5, 5.41) is 9.69. The van der Waals surface area contributed by atoms with E-state index in [9.17, 15) is 4.79 Å². The first-order valence-corrected chi connectivity index (χ1v) is 10.5. The van der Waals surface area contributed by atoms with Gasteiger partial charge in [-0.2, -0.15) is 0 Å². The number of thiazole rings is 1. The Bertz CT molecular complexity index is 1100. The molecule has 1 aromatic carbocycles. The third-order valence-corrected chi connectivity index (χ3v) is 6.47. The highest BCUT2D eigenvalue weighted by Crippen LogP contribution is 2.27. The highest BCUT2D eigenvalue weighted by molar-refractivity contribution is 7.18. The zero-order valence-corrected chi connectivity index (χ0v) is 16.3. The SMILES string of the molecule is O=C(CCc1nc2ccccc2s1)N1CCCC(c2nnc3ccccn23)C1. The highest BCUT2D eigenvalue weighted by Gasteiger charge is 2.27. The number of aromatic nitrogens is 4. The number of nitrogens with zero attached hydrogens (tertiary/aromatic N) is 5. The molecule has 1 aliphatic heterocycles. The van der Waals surface area contributed by atoms with Crippen molar-refractivity contribution in [2.24, 2.45) is 0 Å². The molecule has 0 aliphatic carbocycles. The molecule has 1 unspecified atom stereocenters. The Morgan fingerprint density at radius 3 is 2.96 bits per heavy atom. The van der Waals surface area contributed by atoms with Gasteiger partial charge in [0.15, 0.2) is 5.65 Å². The second-order valence-corrected chi connectivity index (χ2v) is 8.36. The summed E-state index contributed by atoms with van der Waals surface area (Å²) < 4.78 is 3.22. The van der Waals surface area contributed by atoms with Gasteiger partial charge in [-0.1, -0.05) is 18.2 Å². The second-order valence-electron chi connectivity index (χ2n) is 7.24. The number of likely N-dealkylation sites (tertiary alicyclic amines) is 1. The van der Waals surface area contributed by atoms with E-state index in [2.05, 4.69) is 21.2 Å². The van der Waals surface area contributed by atoms with Crippen molar-refractivity contribution in [3.63, 3.8) is 0 Å². The van der Waals surface area contributed by atoms with Crippen molar-refractivity contribution in [3.05, 3.63) is 59.5 Å². The van der Waals surface area contributed by atoms with Crippen LogP contribution in [0.3, 0.4) is 0 Å². The summed E-state index contributed by atoms with van der Waals surface area (Å²) >= 11 is 1.68. The molecule has 28 heavy (non-hydrogen) atoms. The molecule has 0 N–H and O–H groups in total. The molecule has 6 nitrogen and oxygen atoms in total. The molecule has 1 amide bonds. The molecule has 0 bridgehead atoms. The van der Waals surface area contributed by atoms with Gasteiger partial charge in [0.1, 0.15) is 5.82 Å². The number of para-hydroxylation sites is 1. The summed E-state index contributed by atoms with van der Waals surface area (Å²) in [5.74, 6) is 1.40. The molecule has 4 heterocycles. The first kappa shape index (κ1) is 17.3. The van der Waals surface area contributed by atoms with E-state index in [-0.39, 0.29) is 11.8 Å². The molecular formula is C21H21N5OS. The van der Waals surface area contributed by atoms with E-state index in [0.29, 0.717) is 19.4 Å². The lowest BCUT2D eigenvalue weighted by Crippen LogP contribution is -2.39. The summed E-state index contributed by atoms with van der Waals surface area (Å²) in [7, 11) is 0. The predicted molar refractivity (Wildman–Crippen MR) is 109 cm³/mol. The van der Waals surface area contributed by atoms with E-state index in [1.807, 2.05) is 51.9 Å². The minimum absolute atomic E-state index is 0.206. The van der Waals surface area contributed by atoms with Crippen molar-refractivity contribution in [1.82, 2.24) is 24.5 Å². The molecule has 1 saturated heterocycles. The fourth-order valence-electron chi connectivity index (χ4n) is 3.95. The van der Waals surface area contributed by atoms with E-state index in [0.717, 1.165) is 41.4 Å². The van der Waals surface area contributed by atoms with Crippen molar-refractivity contribution in [2.75, 3.05) is 13.1 Å². The van der Waals surface area contributed by atoms with Gasteiger partial charge in [-0.25, -0.2) is 4.98 Å². The lowest BCUT2D eigenvalue weighted by Gasteiger charge is -2.32. The maximum Gasteiger partial charge on any atom is 0.223 e. The van der Waals surface area contributed by atoms with Crippen LogP contribution in [0.15, 0.2) is 48.7 Å². The van der Waals surface area contributed by atoms with E-state index >= 15 is 0 Å².